The van der Waals surface area contributed by atoms with Crippen molar-refractivity contribution in [3.05, 3.63) is 0 Å². The topological polar surface area (TPSA) is 114 Å². The summed E-state index contributed by atoms with van der Waals surface area (Å²) < 4.78 is 0. The number of Topliss-reactive ketones (excluding diaryl/α,β-unsaturated/α-hetero) is 2. The van der Waals surface area contributed by atoms with Crippen LogP contribution in [0.1, 0.15) is 90.9 Å². The molecule has 0 rings (SSSR count). The molecule has 0 saturated carbocycles. The predicted molar refractivity (Wildman–Crippen MR) is 86.8 cm³/mol. The minimum atomic E-state index is -1.27. The van der Waals surface area contributed by atoms with Crippen LogP contribution in [0.25, 0.3) is 0 Å². The molecule has 0 aromatic rings. The van der Waals surface area contributed by atoms with Crippen molar-refractivity contribution in [3.8, 4) is 0 Å². The van der Waals surface area contributed by atoms with Crippen LogP contribution in [0.3, 0.4) is 0 Å². The first kappa shape index (κ1) is 28.6. The summed E-state index contributed by atoms with van der Waals surface area (Å²) in [4.78, 5) is 41.5. The molecule has 0 atom stereocenters. The Kier molecular flexibility index (Phi) is 23.8. The Morgan fingerprint density at radius 2 is 0.920 bits per heavy atom. The van der Waals surface area contributed by atoms with Crippen LogP contribution < -0.4 is 10.2 Å². The summed E-state index contributed by atoms with van der Waals surface area (Å²) in [6.45, 7) is 4.17. The van der Waals surface area contributed by atoms with Gasteiger partial charge in [0.1, 0.15) is 11.6 Å². The minimum absolute atomic E-state index is 0. The van der Waals surface area contributed by atoms with Crippen molar-refractivity contribution in [3.63, 3.8) is 0 Å². The number of unbranched alkanes of at least 4 members (excludes halogenated alkanes) is 6. The number of hydrogen-bond donors (Lipinski definition) is 0. The maximum atomic E-state index is 10.8. The zero-order valence-corrected chi connectivity index (χ0v) is 16.4. The van der Waals surface area contributed by atoms with Crippen molar-refractivity contribution < 1.29 is 46.5 Å². The molecule has 6 nitrogen and oxygen atoms in total. The van der Waals surface area contributed by atoms with Crippen LogP contribution in [-0.2, 0) is 36.2 Å². The summed E-state index contributed by atoms with van der Waals surface area (Å²) in [7, 11) is 0. The van der Waals surface area contributed by atoms with E-state index in [1.807, 2.05) is 0 Å². The minimum Gasteiger partial charge on any atom is -0.550 e. The molecule has 0 aromatic heterocycles. The van der Waals surface area contributed by atoms with Gasteiger partial charge in [-0.3, -0.25) is 9.59 Å². The second-order valence-corrected chi connectivity index (χ2v) is 5.80. The average molecular weight is 398 g/mol. The number of carboxylic acids is 2. The standard InChI is InChI=1S/2C9H16O3.Fe/c2*1-2-3-4-5-6-8(10)7-9(11)12;/h2*2-7H2,1H3,(H,11,12);/q;;+2/p-2. The Balaban J connectivity index is -0.000000372. The quantitative estimate of drug-likeness (QED) is 0.248. The van der Waals surface area contributed by atoms with Crippen molar-refractivity contribution in [1.82, 2.24) is 0 Å². The molecular weight excluding hydrogens is 368 g/mol. The molecule has 0 amide bonds. The van der Waals surface area contributed by atoms with Crippen molar-refractivity contribution >= 4 is 23.5 Å². The first-order chi connectivity index (χ1) is 11.3. The third-order valence-corrected chi connectivity index (χ3v) is 3.30. The van der Waals surface area contributed by atoms with E-state index in [1.165, 1.54) is 0 Å². The summed E-state index contributed by atoms with van der Waals surface area (Å²) in [5.41, 5.74) is 0. The molecule has 0 N–H and O–H groups in total. The van der Waals surface area contributed by atoms with E-state index in [0.717, 1.165) is 51.4 Å². The second-order valence-electron chi connectivity index (χ2n) is 5.80. The molecule has 0 aliphatic carbocycles. The van der Waals surface area contributed by atoms with E-state index >= 15 is 0 Å². The van der Waals surface area contributed by atoms with Gasteiger partial charge in [0.05, 0.1) is 0 Å². The number of aliphatic carboxylic acids is 2. The zero-order valence-electron chi connectivity index (χ0n) is 15.3. The summed E-state index contributed by atoms with van der Waals surface area (Å²) >= 11 is 0. The first-order valence-corrected chi connectivity index (χ1v) is 8.76. The summed E-state index contributed by atoms with van der Waals surface area (Å²) in [5.74, 6) is -2.97. The van der Waals surface area contributed by atoms with Crippen molar-refractivity contribution in [2.24, 2.45) is 0 Å². The normalized spacial score (nSPS) is 9.36. The van der Waals surface area contributed by atoms with Crippen LogP contribution in [0, 0.1) is 0 Å². The fourth-order valence-electron chi connectivity index (χ4n) is 2.00. The van der Waals surface area contributed by atoms with Crippen LogP contribution in [-0.4, -0.2) is 23.5 Å². The van der Waals surface area contributed by atoms with Crippen molar-refractivity contribution in [1.29, 1.82) is 0 Å². The third kappa shape index (κ3) is 27.9. The fourth-order valence-corrected chi connectivity index (χ4v) is 2.00. The van der Waals surface area contributed by atoms with E-state index in [4.69, 9.17) is 0 Å². The Morgan fingerprint density at radius 3 is 1.16 bits per heavy atom. The van der Waals surface area contributed by atoms with E-state index in [2.05, 4.69) is 13.8 Å². The average Bonchev–Trinajstić information content (AvgIpc) is 2.47. The van der Waals surface area contributed by atoms with Crippen LogP contribution in [0.15, 0.2) is 0 Å². The van der Waals surface area contributed by atoms with E-state index in [-0.39, 0.29) is 28.6 Å². The number of hydrogen-bond acceptors (Lipinski definition) is 6. The monoisotopic (exact) mass is 398 g/mol. The molecule has 25 heavy (non-hydrogen) atoms. The molecule has 0 aromatic carbocycles. The Morgan fingerprint density at radius 1 is 0.600 bits per heavy atom. The smallest absolute Gasteiger partial charge is 0.550 e. The number of ketones is 2. The predicted octanol–water partition coefficient (Wildman–Crippen LogP) is 1.33. The van der Waals surface area contributed by atoms with Gasteiger partial charge in [-0.25, -0.2) is 0 Å². The molecule has 0 aliphatic rings. The van der Waals surface area contributed by atoms with Gasteiger partial charge < -0.3 is 19.8 Å². The molecule has 0 saturated heterocycles. The number of carboxylic acid groups (broad SMARTS) is 2. The largest absolute Gasteiger partial charge is 2.00 e. The van der Waals surface area contributed by atoms with Crippen LogP contribution in [0.4, 0.5) is 0 Å². The van der Waals surface area contributed by atoms with Gasteiger partial charge in [-0.2, -0.15) is 0 Å². The van der Waals surface area contributed by atoms with E-state index in [9.17, 15) is 29.4 Å². The van der Waals surface area contributed by atoms with Gasteiger partial charge in [-0.1, -0.05) is 52.4 Å². The van der Waals surface area contributed by atoms with Gasteiger partial charge >= 0.3 is 17.1 Å². The van der Waals surface area contributed by atoms with Crippen molar-refractivity contribution in [2.75, 3.05) is 0 Å². The molecule has 0 bridgehead atoms. The first-order valence-electron chi connectivity index (χ1n) is 8.76. The van der Waals surface area contributed by atoms with Crippen LogP contribution in [0.2, 0.25) is 0 Å². The molecule has 0 unspecified atom stereocenters. The van der Waals surface area contributed by atoms with E-state index in [1.54, 1.807) is 0 Å². The summed E-state index contributed by atoms with van der Waals surface area (Å²) in [5, 5.41) is 19.9. The van der Waals surface area contributed by atoms with Crippen LogP contribution >= 0.6 is 0 Å². The fraction of sp³-hybridized carbons (Fsp3) is 0.778. The van der Waals surface area contributed by atoms with E-state index in [0.29, 0.717) is 12.8 Å². The molecule has 0 radical (unpaired) electrons. The van der Waals surface area contributed by atoms with Crippen LogP contribution in [0.5, 0.6) is 0 Å². The molecule has 0 fully saturated rings. The van der Waals surface area contributed by atoms with Gasteiger partial charge in [0.25, 0.3) is 0 Å². The van der Waals surface area contributed by atoms with Gasteiger partial charge in [0, 0.05) is 37.6 Å². The summed E-state index contributed by atoms with van der Waals surface area (Å²) in [6.07, 6.45) is 8.01. The third-order valence-electron chi connectivity index (χ3n) is 3.30. The number of carbonyl (C=O) groups excluding carboxylic acids is 4. The van der Waals surface area contributed by atoms with Crippen molar-refractivity contribution in [2.45, 2.75) is 90.9 Å². The zero-order chi connectivity index (χ0) is 18.8. The number of rotatable bonds is 14. The van der Waals surface area contributed by atoms with Gasteiger partial charge in [-0.05, 0) is 12.8 Å². The molecule has 146 valence electrons. The van der Waals surface area contributed by atoms with E-state index < -0.39 is 24.8 Å². The van der Waals surface area contributed by atoms with Gasteiger partial charge in [0.15, 0.2) is 0 Å². The van der Waals surface area contributed by atoms with Gasteiger partial charge in [-0.15, -0.1) is 0 Å². The Hall–Kier alpha value is -1.20. The SMILES string of the molecule is CCCCCCC(=O)CC(=O)[O-].CCCCCCC(=O)CC(=O)[O-].[Fe+2]. The molecule has 7 heteroatoms. The molecule has 0 spiro atoms. The summed E-state index contributed by atoms with van der Waals surface area (Å²) in [6, 6.07) is 0. The Labute approximate surface area is 161 Å². The molecule has 0 aliphatic heterocycles. The maximum absolute atomic E-state index is 10.8. The maximum Gasteiger partial charge on any atom is 2.00 e. The Bertz CT molecular complexity index is 346. The molecular formula is C18H30FeO6. The second kappa shape index (κ2) is 20.8. The number of carbonyl (C=O) groups is 4. The van der Waals surface area contributed by atoms with Gasteiger partial charge in [0.2, 0.25) is 0 Å². The molecule has 0 heterocycles.